The number of amides is 1. The van der Waals surface area contributed by atoms with E-state index in [0.29, 0.717) is 22.9 Å². The molecule has 1 aliphatic heterocycles. The predicted molar refractivity (Wildman–Crippen MR) is 111 cm³/mol. The second-order valence-electron chi connectivity index (χ2n) is 7.72. The van der Waals surface area contributed by atoms with Crippen molar-refractivity contribution in [3.05, 3.63) is 46.2 Å². The van der Waals surface area contributed by atoms with Crippen LogP contribution in [0.1, 0.15) is 61.3 Å². The molecule has 162 valence electrons. The van der Waals surface area contributed by atoms with Crippen LogP contribution in [0.15, 0.2) is 24.5 Å². The Morgan fingerprint density at radius 1 is 1.30 bits per heavy atom. The maximum Gasteiger partial charge on any atom is 0.272 e. The van der Waals surface area contributed by atoms with Crippen molar-refractivity contribution in [3.8, 4) is 5.88 Å². The fourth-order valence-corrected chi connectivity index (χ4v) is 3.80. The summed E-state index contributed by atoms with van der Waals surface area (Å²) >= 11 is 6.17. The van der Waals surface area contributed by atoms with Crippen molar-refractivity contribution in [2.24, 2.45) is 5.92 Å². The van der Waals surface area contributed by atoms with Gasteiger partial charge in [0.1, 0.15) is 10.8 Å². The van der Waals surface area contributed by atoms with Gasteiger partial charge >= 0.3 is 0 Å². The van der Waals surface area contributed by atoms with Gasteiger partial charge in [0.25, 0.3) is 12.3 Å². The third kappa shape index (κ3) is 4.48. The maximum absolute atomic E-state index is 13.2. The third-order valence-electron chi connectivity index (χ3n) is 5.04. The Balaban J connectivity index is 1.84. The fraction of sp³-hybridized carbons (Fsp3) is 0.476. The molecule has 0 fully saturated rings. The molecule has 0 spiro atoms. The van der Waals surface area contributed by atoms with E-state index in [9.17, 15) is 13.6 Å². The van der Waals surface area contributed by atoms with Crippen LogP contribution in [0.25, 0.3) is 0 Å². The van der Waals surface area contributed by atoms with Gasteiger partial charge in [-0.2, -0.15) is 0 Å². The summed E-state index contributed by atoms with van der Waals surface area (Å²) in [5.41, 5.74) is 2.17. The van der Waals surface area contributed by atoms with Crippen molar-refractivity contribution >= 4 is 23.3 Å². The van der Waals surface area contributed by atoms with Gasteiger partial charge in [0.05, 0.1) is 17.6 Å². The molecule has 1 amide bonds. The molecule has 0 radical (unpaired) electrons. The Morgan fingerprint density at radius 2 is 2.03 bits per heavy atom. The molecule has 0 bridgehead atoms. The summed E-state index contributed by atoms with van der Waals surface area (Å²) in [7, 11) is 0. The number of hydrogen-bond donors (Lipinski definition) is 1. The Morgan fingerprint density at radius 3 is 2.67 bits per heavy atom. The van der Waals surface area contributed by atoms with Crippen LogP contribution in [0.3, 0.4) is 0 Å². The number of ether oxygens (including phenoxy) is 1. The SMILES string of the molecule is CC(C)CNc1nccc2c1C(C)N(C(C)c1cnc(OCC(F)F)c(Cl)c1)C2=O. The number of anilines is 1. The van der Waals surface area contributed by atoms with Gasteiger partial charge in [-0.3, -0.25) is 4.79 Å². The van der Waals surface area contributed by atoms with Crippen LogP contribution in [-0.2, 0) is 0 Å². The van der Waals surface area contributed by atoms with E-state index in [-0.39, 0.29) is 28.9 Å². The zero-order chi connectivity index (χ0) is 22.0. The quantitative estimate of drug-likeness (QED) is 0.619. The summed E-state index contributed by atoms with van der Waals surface area (Å²) in [6, 6.07) is 2.78. The predicted octanol–water partition coefficient (Wildman–Crippen LogP) is 5.12. The molecule has 2 atom stereocenters. The molecule has 0 saturated carbocycles. The van der Waals surface area contributed by atoms with Crippen LogP contribution in [-0.4, -0.2) is 40.4 Å². The highest BCUT2D eigenvalue weighted by Gasteiger charge is 2.39. The van der Waals surface area contributed by atoms with Gasteiger partial charge < -0.3 is 15.0 Å². The topological polar surface area (TPSA) is 67.3 Å². The maximum atomic E-state index is 13.2. The number of rotatable bonds is 8. The van der Waals surface area contributed by atoms with Crippen LogP contribution < -0.4 is 10.1 Å². The minimum Gasteiger partial charge on any atom is -0.471 e. The summed E-state index contributed by atoms with van der Waals surface area (Å²) in [4.78, 5) is 23.4. The molecule has 1 N–H and O–H groups in total. The van der Waals surface area contributed by atoms with E-state index in [2.05, 4.69) is 29.1 Å². The number of pyridine rings is 2. The first-order valence-electron chi connectivity index (χ1n) is 9.82. The lowest BCUT2D eigenvalue weighted by Crippen LogP contribution is -2.30. The normalized spacial score (nSPS) is 16.9. The molecule has 3 rings (SSSR count). The second kappa shape index (κ2) is 9.12. The van der Waals surface area contributed by atoms with Gasteiger partial charge in [0.2, 0.25) is 5.88 Å². The molecular formula is C21H25ClF2N4O2. The van der Waals surface area contributed by atoms with Gasteiger partial charge in [0.15, 0.2) is 6.61 Å². The van der Waals surface area contributed by atoms with E-state index < -0.39 is 13.0 Å². The summed E-state index contributed by atoms with van der Waals surface area (Å²) < 4.78 is 29.6. The molecule has 9 heteroatoms. The van der Waals surface area contributed by atoms with Crippen LogP contribution in [0.2, 0.25) is 5.02 Å². The van der Waals surface area contributed by atoms with Gasteiger partial charge in [-0.25, -0.2) is 18.7 Å². The minimum atomic E-state index is -2.62. The number of halogens is 3. The number of carbonyl (C=O) groups excluding carboxylic acids is 1. The zero-order valence-corrected chi connectivity index (χ0v) is 18.1. The highest BCUT2D eigenvalue weighted by molar-refractivity contribution is 6.31. The Hall–Kier alpha value is -2.48. The Labute approximate surface area is 179 Å². The van der Waals surface area contributed by atoms with E-state index in [1.165, 1.54) is 6.20 Å². The lowest BCUT2D eigenvalue weighted by molar-refractivity contribution is 0.0658. The average Bonchev–Trinajstić information content (AvgIpc) is 2.95. The first-order chi connectivity index (χ1) is 14.2. The molecule has 1 aliphatic rings. The molecular weight excluding hydrogens is 414 g/mol. The molecule has 3 heterocycles. The van der Waals surface area contributed by atoms with Crippen molar-refractivity contribution in [1.29, 1.82) is 0 Å². The van der Waals surface area contributed by atoms with E-state index in [4.69, 9.17) is 16.3 Å². The second-order valence-corrected chi connectivity index (χ2v) is 8.12. The molecule has 2 unspecified atom stereocenters. The van der Waals surface area contributed by atoms with Crippen molar-refractivity contribution < 1.29 is 18.3 Å². The number of nitrogens with zero attached hydrogens (tertiary/aromatic N) is 3. The van der Waals surface area contributed by atoms with Gasteiger partial charge in [-0.15, -0.1) is 0 Å². The molecule has 6 nitrogen and oxygen atoms in total. The monoisotopic (exact) mass is 438 g/mol. The standard InChI is InChI=1S/C21H25ClF2N4O2/c1-11(2)8-26-19-18-13(4)28(21(29)15(18)5-6-25-19)12(3)14-7-16(22)20(27-9-14)30-10-17(23)24/h5-7,9,11-13,17H,8,10H2,1-4H3,(H,25,26). The lowest BCUT2D eigenvalue weighted by Gasteiger charge is -2.30. The molecule has 0 aliphatic carbocycles. The van der Waals surface area contributed by atoms with Crippen LogP contribution in [0.4, 0.5) is 14.6 Å². The highest BCUT2D eigenvalue weighted by Crippen LogP contribution is 2.42. The number of fused-ring (bicyclic) bond motifs is 1. The van der Waals surface area contributed by atoms with Crippen molar-refractivity contribution in [3.63, 3.8) is 0 Å². The number of nitrogens with one attached hydrogen (secondary N) is 1. The van der Waals surface area contributed by atoms with Gasteiger partial charge in [-0.05, 0) is 37.5 Å². The molecule has 2 aromatic heterocycles. The Kier molecular flexibility index (Phi) is 6.75. The van der Waals surface area contributed by atoms with Gasteiger partial charge in [-0.1, -0.05) is 25.4 Å². The first-order valence-corrected chi connectivity index (χ1v) is 10.2. The van der Waals surface area contributed by atoms with E-state index in [0.717, 1.165) is 12.1 Å². The molecule has 2 aromatic rings. The smallest absolute Gasteiger partial charge is 0.272 e. The average molecular weight is 439 g/mol. The fourth-order valence-electron chi connectivity index (χ4n) is 3.57. The summed E-state index contributed by atoms with van der Waals surface area (Å²) in [6.07, 6.45) is 0.514. The van der Waals surface area contributed by atoms with Crippen LogP contribution >= 0.6 is 11.6 Å². The molecule has 30 heavy (non-hydrogen) atoms. The summed E-state index contributed by atoms with van der Waals surface area (Å²) in [5, 5.41) is 3.46. The number of aromatic nitrogens is 2. The molecule has 0 saturated heterocycles. The number of alkyl halides is 2. The largest absolute Gasteiger partial charge is 0.471 e. The van der Waals surface area contributed by atoms with Crippen molar-refractivity contribution in [2.45, 2.75) is 46.2 Å². The highest BCUT2D eigenvalue weighted by atomic mass is 35.5. The lowest BCUT2D eigenvalue weighted by atomic mass is 10.1. The number of hydrogen-bond acceptors (Lipinski definition) is 5. The van der Waals surface area contributed by atoms with Gasteiger partial charge in [0, 0.05) is 24.5 Å². The van der Waals surface area contributed by atoms with E-state index in [1.54, 1.807) is 23.2 Å². The van der Waals surface area contributed by atoms with Crippen LogP contribution in [0.5, 0.6) is 5.88 Å². The Bertz CT molecular complexity index is 926. The third-order valence-corrected chi connectivity index (χ3v) is 5.31. The van der Waals surface area contributed by atoms with Crippen molar-refractivity contribution in [2.75, 3.05) is 18.5 Å². The van der Waals surface area contributed by atoms with E-state index >= 15 is 0 Å². The van der Waals surface area contributed by atoms with E-state index in [1.807, 2.05) is 13.8 Å². The van der Waals surface area contributed by atoms with Crippen LogP contribution in [0, 0.1) is 5.92 Å². The van der Waals surface area contributed by atoms with Crippen molar-refractivity contribution in [1.82, 2.24) is 14.9 Å². The molecule has 0 aromatic carbocycles. The summed E-state index contributed by atoms with van der Waals surface area (Å²) in [5.74, 6) is 0.989. The number of carbonyl (C=O) groups is 1. The zero-order valence-electron chi connectivity index (χ0n) is 17.3. The first kappa shape index (κ1) is 22.2. The minimum absolute atomic E-state index is 0.0543. The summed E-state index contributed by atoms with van der Waals surface area (Å²) in [6.45, 7) is 8.01.